The summed E-state index contributed by atoms with van der Waals surface area (Å²) in [4.78, 5) is 0. The molecule has 0 aliphatic carbocycles. The molecule has 0 heterocycles. The van der Waals surface area contributed by atoms with E-state index in [0.717, 1.165) is 69.7 Å². The monoisotopic (exact) mass is 1480 g/mol. The molecule has 8 aromatic rings. The Hall–Kier alpha value is -5.48. The number of phenolic OH excluding ortho intramolecular Hbond substituents is 4. The largest absolute Gasteiger partial charge is 0.507 e. The lowest BCUT2D eigenvalue weighted by Gasteiger charge is -2.28. The number of aryl methyl sites for hydroxylation is 8. The van der Waals surface area contributed by atoms with Crippen LogP contribution in [-0.4, -0.2) is 42.6 Å². The Morgan fingerprint density at radius 2 is 0.500 bits per heavy atom. The second-order valence-electron chi connectivity index (χ2n) is 37.1. The molecule has 568 valence electrons. The van der Waals surface area contributed by atoms with Gasteiger partial charge in [0.05, 0.1) is 0 Å². The average Bonchev–Trinajstić information content (AvgIpc) is 0.789. The van der Waals surface area contributed by atoms with Crippen molar-refractivity contribution >= 4 is 76.8 Å². The topological polar surface area (TPSA) is 129 Å². The Labute approximate surface area is 639 Å². The van der Waals surface area contributed by atoms with Gasteiger partial charge in [-0.2, -0.15) is 0 Å². The van der Waals surface area contributed by atoms with Crippen LogP contribution in [0, 0.1) is 55.4 Å². The van der Waals surface area contributed by atoms with E-state index in [1.165, 1.54) is 88.0 Å². The molecule has 8 rings (SSSR count). The van der Waals surface area contributed by atoms with Gasteiger partial charge in [0.25, 0.3) is 0 Å². The maximum atomic E-state index is 11.2. The highest BCUT2D eigenvalue weighted by atomic mass is 31.1. The normalized spacial score (nSPS) is 12.9. The summed E-state index contributed by atoms with van der Waals surface area (Å²) in [5, 5.41) is 67.2. The summed E-state index contributed by atoms with van der Waals surface area (Å²) < 4.78 is 0. The molecule has 8 N–H and O–H groups in total. The van der Waals surface area contributed by atoms with E-state index in [4.69, 9.17) is 0 Å². The van der Waals surface area contributed by atoms with Gasteiger partial charge in [-0.3, -0.25) is 0 Å². The zero-order valence-corrected chi connectivity index (χ0v) is 74.2. The molecule has 0 bridgehead atoms. The third kappa shape index (κ3) is 27.6. The standard InChI is InChI=1S/C26H40NOP.2C23H34NOP.C20H28NOP/c1-17-12-11-13-18(16-27-26(8,9)10)23(17)29-21-15-19(24(2,3)4)14-20(22(21)28)25(5,6)7;1-15-12-18(22(3,4)5)20(25)19(13-15)26-21-16(2)10-9-11-17(21)14-24-23(6,7)8;1-15-10-9-11-17(14-24-23(6,7)8)21(15)26-19-13-18(22(3,4)5)12-16(2)20(19)25;1-13-10-15(3)18(22)17(11-13)23-19-14(2)8-7-9-16(19)12-21-20(4,5)6/h11-15,27-29H,16H2,1-10H3;2*9-13,24-26H,14H2,1-8H3;7-11,21-23H,12H2,1-6H3. The molecule has 8 aromatic carbocycles. The summed E-state index contributed by atoms with van der Waals surface area (Å²) >= 11 is 0. The van der Waals surface area contributed by atoms with Crippen LogP contribution in [0.5, 0.6) is 23.0 Å². The minimum atomic E-state index is -0.104. The van der Waals surface area contributed by atoms with Crippen LogP contribution in [0.4, 0.5) is 0 Å². The van der Waals surface area contributed by atoms with E-state index in [-0.39, 0.29) is 43.8 Å². The van der Waals surface area contributed by atoms with Gasteiger partial charge in [-0.05, 0) is 284 Å². The van der Waals surface area contributed by atoms with Gasteiger partial charge in [-0.1, -0.05) is 214 Å². The summed E-state index contributed by atoms with van der Waals surface area (Å²) in [6.07, 6.45) is 0. The Morgan fingerprint density at radius 3 is 0.779 bits per heavy atom. The van der Waals surface area contributed by atoms with Gasteiger partial charge in [-0.15, -0.1) is 0 Å². The number of hydrogen-bond donors (Lipinski definition) is 8. The number of rotatable bonds is 16. The second kappa shape index (κ2) is 36.2. The van der Waals surface area contributed by atoms with Crippen molar-refractivity contribution in [3.05, 3.63) is 210 Å². The van der Waals surface area contributed by atoms with Crippen LogP contribution in [0.1, 0.15) is 255 Å². The van der Waals surface area contributed by atoms with Gasteiger partial charge in [0.1, 0.15) is 23.0 Å². The summed E-state index contributed by atoms with van der Waals surface area (Å²) in [6.45, 7) is 72.8. The van der Waals surface area contributed by atoms with Gasteiger partial charge in [0.2, 0.25) is 0 Å². The molecule has 12 heteroatoms. The van der Waals surface area contributed by atoms with E-state index in [2.05, 4.69) is 344 Å². The predicted octanol–water partition coefficient (Wildman–Crippen LogP) is 19.3. The van der Waals surface area contributed by atoms with Crippen molar-refractivity contribution in [3.63, 3.8) is 0 Å². The van der Waals surface area contributed by atoms with Crippen molar-refractivity contribution in [2.45, 2.75) is 292 Å². The molecular formula is C92H136N4O4P4. The zero-order valence-electron chi connectivity index (χ0n) is 70.2. The predicted molar refractivity (Wildman–Crippen MR) is 468 cm³/mol. The molecule has 0 fully saturated rings. The highest BCUT2D eigenvalue weighted by Crippen LogP contribution is 2.39. The number of aromatic hydroxyl groups is 4. The molecule has 104 heavy (non-hydrogen) atoms. The Kier molecular flexibility index (Phi) is 31.0. The minimum Gasteiger partial charge on any atom is -0.507 e. The van der Waals surface area contributed by atoms with Crippen molar-refractivity contribution < 1.29 is 20.4 Å². The van der Waals surface area contributed by atoms with Gasteiger partial charge in [-0.25, -0.2) is 0 Å². The van der Waals surface area contributed by atoms with Gasteiger partial charge < -0.3 is 41.7 Å². The first-order valence-corrected chi connectivity index (χ1v) is 41.3. The third-order valence-electron chi connectivity index (χ3n) is 18.2. The summed E-state index contributed by atoms with van der Waals surface area (Å²) in [7, 11) is 1.79. The van der Waals surface area contributed by atoms with Gasteiger partial charge >= 0.3 is 0 Å². The second-order valence-corrected chi connectivity index (χ2v) is 42.3. The van der Waals surface area contributed by atoms with E-state index in [1.54, 1.807) is 0 Å². The van der Waals surface area contributed by atoms with E-state index < -0.39 is 0 Å². The molecule has 0 saturated heterocycles. The molecule has 0 aromatic heterocycles. The number of benzene rings is 8. The highest BCUT2D eigenvalue weighted by molar-refractivity contribution is 7.57. The zero-order chi connectivity index (χ0) is 78.8. The number of hydrogen-bond acceptors (Lipinski definition) is 8. The smallest absolute Gasteiger partial charge is 0.127 e. The fourth-order valence-corrected chi connectivity index (χ4v) is 17.5. The van der Waals surface area contributed by atoms with E-state index >= 15 is 0 Å². The molecule has 0 radical (unpaired) electrons. The summed E-state index contributed by atoms with van der Waals surface area (Å²) in [5.41, 5.74) is 19.6. The lowest BCUT2D eigenvalue weighted by atomic mass is 9.80. The highest BCUT2D eigenvalue weighted by Gasteiger charge is 2.28. The van der Waals surface area contributed by atoms with Crippen molar-refractivity contribution in [1.82, 2.24) is 21.3 Å². The molecule has 4 atom stereocenters. The van der Waals surface area contributed by atoms with Crippen molar-refractivity contribution in [1.29, 1.82) is 0 Å². The first kappa shape index (κ1) is 89.1. The van der Waals surface area contributed by atoms with Crippen LogP contribution >= 0.6 is 34.3 Å². The van der Waals surface area contributed by atoms with Crippen molar-refractivity contribution in [3.8, 4) is 23.0 Å². The molecule has 0 aliphatic rings. The Morgan fingerprint density at radius 1 is 0.260 bits per heavy atom. The molecule has 8 nitrogen and oxygen atoms in total. The summed E-state index contributed by atoms with van der Waals surface area (Å²) in [5.74, 6) is 1.79. The van der Waals surface area contributed by atoms with Crippen LogP contribution in [0.15, 0.2) is 121 Å². The minimum absolute atomic E-state index is 0.0370. The number of phenols is 4. The van der Waals surface area contributed by atoms with E-state index in [1.807, 2.05) is 19.9 Å². The van der Waals surface area contributed by atoms with Gasteiger partial charge in [0.15, 0.2) is 0 Å². The van der Waals surface area contributed by atoms with Crippen LogP contribution < -0.4 is 63.7 Å². The van der Waals surface area contributed by atoms with Crippen LogP contribution in [0.25, 0.3) is 0 Å². The molecule has 0 aliphatic heterocycles. The maximum absolute atomic E-state index is 11.2. The third-order valence-corrected chi connectivity index (χ3v) is 24.6. The molecule has 4 unspecified atom stereocenters. The Balaban J connectivity index is 0.000000250. The van der Waals surface area contributed by atoms with Crippen LogP contribution in [0.2, 0.25) is 0 Å². The quantitative estimate of drug-likeness (QED) is 0.0449. The van der Waals surface area contributed by atoms with E-state index in [0.29, 0.717) is 57.3 Å². The SMILES string of the molecule is Cc1cc(C(C)(C)C)cc(Pc2c(C)cccc2CNC(C)(C)C)c1O.Cc1cc(C)c(O)c(Pc2c(C)cccc2CNC(C)(C)C)c1.Cc1cc(Pc2c(C)cccc2CNC(C)(C)C)c(O)c(C(C)(C)C)c1.Cc1cccc(CNC(C)(C)C)c1Pc1cc(C(C)(C)C)cc(C(C)(C)C)c1O. The van der Waals surface area contributed by atoms with Crippen molar-refractivity contribution in [2.75, 3.05) is 0 Å². The molecule has 0 spiro atoms. The average molecular weight is 1490 g/mol. The molecule has 0 amide bonds. The van der Waals surface area contributed by atoms with Crippen molar-refractivity contribution in [2.24, 2.45) is 0 Å². The molecule has 0 saturated carbocycles. The first-order chi connectivity index (χ1) is 47.5. The van der Waals surface area contributed by atoms with Gasteiger partial charge in [0, 0.05) is 80.7 Å². The maximum Gasteiger partial charge on any atom is 0.127 e. The van der Waals surface area contributed by atoms with Crippen LogP contribution in [0.3, 0.4) is 0 Å². The first-order valence-electron chi connectivity index (χ1n) is 37.3. The van der Waals surface area contributed by atoms with E-state index in [9.17, 15) is 20.4 Å². The fraction of sp³-hybridized carbons (Fsp3) is 0.478. The Bertz CT molecular complexity index is 4140. The lowest BCUT2D eigenvalue weighted by Crippen LogP contribution is -2.36. The van der Waals surface area contributed by atoms with Crippen LogP contribution in [-0.2, 0) is 47.8 Å². The molecular weight excluding hydrogens is 1350 g/mol. The lowest BCUT2D eigenvalue weighted by molar-refractivity contribution is 0.424. The fourth-order valence-electron chi connectivity index (χ4n) is 11.7. The summed E-state index contributed by atoms with van der Waals surface area (Å²) in [6, 6.07) is 43.1. The number of nitrogens with one attached hydrogen (secondary N) is 4.